The van der Waals surface area contributed by atoms with Crippen LogP contribution in [-0.2, 0) is 15.9 Å². The molecule has 1 aromatic carbocycles. The number of aryl methyl sites for hydroxylation is 2. The molecular weight excluding hydrogens is 328 g/mol. The van der Waals surface area contributed by atoms with Gasteiger partial charge in [-0.05, 0) is 25.0 Å². The van der Waals surface area contributed by atoms with Crippen molar-refractivity contribution in [3.8, 4) is 0 Å². The van der Waals surface area contributed by atoms with E-state index in [4.69, 9.17) is 14.5 Å². The van der Waals surface area contributed by atoms with Crippen LogP contribution >= 0.6 is 0 Å². The number of benzene rings is 1. The Balaban J connectivity index is 1.51. The van der Waals surface area contributed by atoms with Crippen LogP contribution in [0, 0.1) is 6.92 Å². The van der Waals surface area contributed by atoms with Gasteiger partial charge in [0, 0.05) is 43.4 Å². The van der Waals surface area contributed by atoms with Crippen LogP contribution in [0.25, 0.3) is 0 Å². The van der Waals surface area contributed by atoms with Crippen LogP contribution in [0.4, 0.5) is 17.5 Å². The van der Waals surface area contributed by atoms with Gasteiger partial charge in [-0.25, -0.2) is 4.98 Å². The minimum absolute atomic E-state index is 0.374. The average molecular weight is 354 g/mol. The molecule has 0 atom stereocenters. The fourth-order valence-corrected chi connectivity index (χ4v) is 3.68. The van der Waals surface area contributed by atoms with E-state index in [0.717, 1.165) is 55.5 Å². The second-order valence-corrected chi connectivity index (χ2v) is 6.92. The zero-order valence-corrected chi connectivity index (χ0v) is 15.5. The summed E-state index contributed by atoms with van der Waals surface area (Å²) in [6.07, 6.45) is 2.69. The molecule has 0 aliphatic carbocycles. The van der Waals surface area contributed by atoms with Crippen LogP contribution < -0.4 is 10.2 Å². The minimum atomic E-state index is -0.374. The molecule has 26 heavy (non-hydrogen) atoms. The first-order chi connectivity index (χ1) is 12.7. The number of hydrogen-bond donors (Lipinski definition) is 1. The number of aromatic nitrogens is 2. The molecule has 2 saturated heterocycles. The highest BCUT2D eigenvalue weighted by Gasteiger charge is 2.40. The first kappa shape index (κ1) is 17.2. The molecule has 6 nitrogen and oxygen atoms in total. The van der Waals surface area contributed by atoms with E-state index >= 15 is 0 Å². The lowest BCUT2D eigenvalue weighted by Crippen LogP contribution is -2.45. The summed E-state index contributed by atoms with van der Waals surface area (Å²) in [7, 11) is 0. The Morgan fingerprint density at radius 3 is 2.58 bits per heavy atom. The van der Waals surface area contributed by atoms with E-state index in [1.807, 2.05) is 19.1 Å². The Hall–Kier alpha value is -2.18. The molecule has 0 bridgehead atoms. The van der Waals surface area contributed by atoms with Gasteiger partial charge in [0.05, 0.1) is 13.2 Å². The Kier molecular flexibility index (Phi) is 4.78. The van der Waals surface area contributed by atoms with E-state index in [9.17, 15) is 0 Å². The van der Waals surface area contributed by atoms with Gasteiger partial charge in [0.2, 0.25) is 5.95 Å². The molecule has 0 amide bonds. The quantitative estimate of drug-likeness (QED) is 0.908. The van der Waals surface area contributed by atoms with Crippen molar-refractivity contribution in [2.24, 2.45) is 0 Å². The van der Waals surface area contributed by atoms with Crippen molar-refractivity contribution in [3.05, 3.63) is 41.6 Å². The Morgan fingerprint density at radius 1 is 1.12 bits per heavy atom. The zero-order valence-electron chi connectivity index (χ0n) is 15.5. The molecule has 0 radical (unpaired) electrons. The lowest BCUT2D eigenvalue weighted by atomic mass is 10.0. The maximum absolute atomic E-state index is 5.82. The third-order valence-corrected chi connectivity index (χ3v) is 5.13. The summed E-state index contributed by atoms with van der Waals surface area (Å²) >= 11 is 0. The second-order valence-electron chi connectivity index (χ2n) is 6.92. The first-order valence-corrected chi connectivity index (χ1v) is 9.41. The van der Waals surface area contributed by atoms with E-state index in [0.29, 0.717) is 13.2 Å². The molecule has 0 unspecified atom stereocenters. The summed E-state index contributed by atoms with van der Waals surface area (Å²) in [4.78, 5) is 11.6. The van der Waals surface area contributed by atoms with Crippen molar-refractivity contribution in [2.45, 2.75) is 38.9 Å². The van der Waals surface area contributed by atoms with Crippen LogP contribution in [0.2, 0.25) is 0 Å². The van der Waals surface area contributed by atoms with E-state index < -0.39 is 0 Å². The molecule has 2 aliphatic heterocycles. The molecular formula is C20H26N4O2. The normalized spacial score (nSPS) is 19.1. The van der Waals surface area contributed by atoms with Crippen LogP contribution in [0.15, 0.2) is 30.3 Å². The standard InChI is InChI=1S/C20H26N4O2/c1-3-16-6-4-5-7-17(16)22-18-14-15(2)21-19(23-18)24-10-8-20(9-11-24)25-12-13-26-20/h4-7,14H,3,8-13H2,1-2H3,(H,21,22,23). The maximum Gasteiger partial charge on any atom is 0.227 e. The lowest BCUT2D eigenvalue weighted by molar-refractivity contribution is -0.169. The smallest absolute Gasteiger partial charge is 0.227 e. The number of nitrogens with one attached hydrogen (secondary N) is 1. The Labute approximate surface area is 154 Å². The van der Waals surface area contributed by atoms with Crippen LogP contribution in [0.1, 0.15) is 31.0 Å². The molecule has 1 aromatic heterocycles. The molecule has 2 aromatic rings. The van der Waals surface area contributed by atoms with Gasteiger partial charge in [-0.15, -0.1) is 0 Å². The van der Waals surface area contributed by atoms with Gasteiger partial charge in [0.25, 0.3) is 0 Å². The molecule has 1 N–H and O–H groups in total. The third kappa shape index (κ3) is 3.52. The van der Waals surface area contributed by atoms with Crippen molar-refractivity contribution < 1.29 is 9.47 Å². The number of para-hydroxylation sites is 1. The molecule has 4 rings (SSSR count). The summed E-state index contributed by atoms with van der Waals surface area (Å²) in [5, 5.41) is 3.47. The van der Waals surface area contributed by atoms with Gasteiger partial charge in [-0.1, -0.05) is 25.1 Å². The number of hydrogen-bond acceptors (Lipinski definition) is 6. The summed E-state index contributed by atoms with van der Waals surface area (Å²) < 4.78 is 11.6. The predicted octanol–water partition coefficient (Wildman–Crippen LogP) is 3.43. The number of ether oxygens (including phenoxy) is 2. The number of rotatable bonds is 4. The maximum atomic E-state index is 5.82. The highest BCUT2D eigenvalue weighted by molar-refractivity contribution is 5.61. The van der Waals surface area contributed by atoms with E-state index in [1.165, 1.54) is 5.56 Å². The Bertz CT molecular complexity index is 764. The van der Waals surface area contributed by atoms with Crippen molar-refractivity contribution in [1.82, 2.24) is 9.97 Å². The van der Waals surface area contributed by atoms with Crippen LogP contribution in [0.3, 0.4) is 0 Å². The van der Waals surface area contributed by atoms with Gasteiger partial charge < -0.3 is 19.7 Å². The van der Waals surface area contributed by atoms with Crippen molar-refractivity contribution >= 4 is 17.5 Å². The fraction of sp³-hybridized carbons (Fsp3) is 0.500. The number of anilines is 3. The molecule has 2 aliphatic rings. The van der Waals surface area contributed by atoms with Crippen molar-refractivity contribution in [1.29, 1.82) is 0 Å². The van der Waals surface area contributed by atoms with Gasteiger partial charge in [-0.2, -0.15) is 4.98 Å². The fourth-order valence-electron chi connectivity index (χ4n) is 3.68. The van der Waals surface area contributed by atoms with Crippen molar-refractivity contribution in [2.75, 3.05) is 36.5 Å². The number of nitrogens with zero attached hydrogens (tertiary/aromatic N) is 3. The molecule has 138 valence electrons. The molecule has 1 spiro atoms. The van der Waals surface area contributed by atoms with Crippen LogP contribution in [0.5, 0.6) is 0 Å². The molecule has 6 heteroatoms. The molecule has 2 fully saturated rings. The van der Waals surface area contributed by atoms with Crippen molar-refractivity contribution in [3.63, 3.8) is 0 Å². The third-order valence-electron chi connectivity index (χ3n) is 5.13. The largest absolute Gasteiger partial charge is 0.347 e. The summed E-state index contributed by atoms with van der Waals surface area (Å²) in [6, 6.07) is 10.3. The number of piperidine rings is 1. The highest BCUT2D eigenvalue weighted by atomic mass is 16.7. The summed E-state index contributed by atoms with van der Waals surface area (Å²) in [6.45, 7) is 7.26. The van der Waals surface area contributed by atoms with Gasteiger partial charge >= 0.3 is 0 Å². The second kappa shape index (κ2) is 7.21. The van der Waals surface area contributed by atoms with E-state index in [1.54, 1.807) is 0 Å². The molecule has 3 heterocycles. The first-order valence-electron chi connectivity index (χ1n) is 9.41. The monoisotopic (exact) mass is 354 g/mol. The Morgan fingerprint density at radius 2 is 1.85 bits per heavy atom. The highest BCUT2D eigenvalue weighted by Crippen LogP contribution is 2.32. The van der Waals surface area contributed by atoms with E-state index in [2.05, 4.69) is 40.3 Å². The average Bonchev–Trinajstić information content (AvgIpc) is 3.10. The van der Waals surface area contributed by atoms with Gasteiger partial charge in [0.1, 0.15) is 5.82 Å². The molecule has 0 saturated carbocycles. The minimum Gasteiger partial charge on any atom is -0.347 e. The van der Waals surface area contributed by atoms with Crippen LogP contribution in [-0.4, -0.2) is 42.1 Å². The van der Waals surface area contributed by atoms with Gasteiger partial charge in [-0.3, -0.25) is 0 Å². The topological polar surface area (TPSA) is 59.5 Å². The summed E-state index contributed by atoms with van der Waals surface area (Å²) in [5.74, 6) is 1.23. The summed E-state index contributed by atoms with van der Waals surface area (Å²) in [5.41, 5.74) is 3.34. The zero-order chi connectivity index (χ0) is 18.0. The predicted molar refractivity (Wildman–Crippen MR) is 102 cm³/mol. The van der Waals surface area contributed by atoms with E-state index in [-0.39, 0.29) is 5.79 Å². The SMILES string of the molecule is CCc1ccccc1Nc1cc(C)nc(N2CCC3(CC2)OCCO3)n1. The van der Waals surface area contributed by atoms with Gasteiger partial charge in [0.15, 0.2) is 5.79 Å². The lowest BCUT2D eigenvalue weighted by Gasteiger charge is -2.37.